The average molecular weight is 246 g/mol. The Hall–Kier alpha value is -1.39. The van der Waals surface area contributed by atoms with Gasteiger partial charge in [-0.25, -0.2) is 0 Å². The van der Waals surface area contributed by atoms with Crippen molar-refractivity contribution >= 4 is 5.91 Å². The highest BCUT2D eigenvalue weighted by Gasteiger charge is 2.41. The van der Waals surface area contributed by atoms with E-state index in [9.17, 15) is 9.90 Å². The number of hydrogen-bond donors (Lipinski definition) is 3. The van der Waals surface area contributed by atoms with Gasteiger partial charge in [0.1, 0.15) is 0 Å². The van der Waals surface area contributed by atoms with E-state index in [4.69, 9.17) is 0 Å². The molecule has 2 aliphatic rings. The number of hydrogen-bond acceptors (Lipinski definition) is 3. The fourth-order valence-electron chi connectivity index (χ4n) is 2.62. The number of rotatable bonds is 3. The Morgan fingerprint density at radius 3 is 2.72 bits per heavy atom. The van der Waals surface area contributed by atoms with Gasteiger partial charge in [-0.3, -0.25) is 4.79 Å². The minimum atomic E-state index is -0.384. The van der Waals surface area contributed by atoms with Crippen molar-refractivity contribution in [2.75, 3.05) is 6.54 Å². The molecular formula is C14H18N2O2. The van der Waals surface area contributed by atoms with Gasteiger partial charge in [0.15, 0.2) is 0 Å². The van der Waals surface area contributed by atoms with E-state index >= 15 is 0 Å². The highest BCUT2D eigenvalue weighted by molar-refractivity contribution is 5.83. The molecular weight excluding hydrogens is 228 g/mol. The molecule has 1 amide bonds. The number of amides is 1. The van der Waals surface area contributed by atoms with Gasteiger partial charge in [-0.15, -0.1) is 0 Å². The van der Waals surface area contributed by atoms with Crippen LogP contribution in [-0.2, 0) is 4.79 Å². The van der Waals surface area contributed by atoms with Crippen LogP contribution >= 0.6 is 0 Å². The normalized spacial score (nSPS) is 34.3. The predicted octanol–water partition coefficient (Wildman–Crippen LogP) is 0.381. The summed E-state index contributed by atoms with van der Waals surface area (Å²) in [4.78, 5) is 11.9. The van der Waals surface area contributed by atoms with Crippen molar-refractivity contribution in [2.24, 2.45) is 0 Å². The Morgan fingerprint density at radius 1 is 1.28 bits per heavy atom. The molecule has 1 saturated carbocycles. The molecule has 1 aromatic carbocycles. The first-order valence-corrected chi connectivity index (χ1v) is 6.51. The van der Waals surface area contributed by atoms with Gasteiger partial charge in [0.2, 0.25) is 5.91 Å². The van der Waals surface area contributed by atoms with Crippen molar-refractivity contribution < 1.29 is 9.90 Å². The largest absolute Gasteiger partial charge is 0.392 e. The van der Waals surface area contributed by atoms with Crippen LogP contribution < -0.4 is 10.6 Å². The van der Waals surface area contributed by atoms with Crippen LogP contribution in [0, 0.1) is 0 Å². The second-order valence-electron chi connectivity index (χ2n) is 5.22. The van der Waals surface area contributed by atoms with Crippen LogP contribution in [0.4, 0.5) is 0 Å². The minimum absolute atomic E-state index is 0.0231. The molecule has 1 saturated heterocycles. The Bertz CT molecular complexity index is 435. The molecule has 4 heteroatoms. The number of nitrogens with one attached hydrogen (secondary N) is 2. The standard InChI is InChI=1S/C14H18N2O2/c17-10-6-13(15-8-10)14(18)16-12-7-11(12)9-4-2-1-3-5-9/h1-5,10-13,15,17H,6-8H2,(H,16,18). The molecule has 4 nitrogen and oxygen atoms in total. The van der Waals surface area contributed by atoms with Gasteiger partial charge in [-0.2, -0.15) is 0 Å². The zero-order chi connectivity index (χ0) is 12.5. The summed E-state index contributed by atoms with van der Waals surface area (Å²) in [6, 6.07) is 10.3. The lowest BCUT2D eigenvalue weighted by Crippen LogP contribution is -2.41. The molecule has 0 radical (unpaired) electrons. The highest BCUT2D eigenvalue weighted by atomic mass is 16.3. The topological polar surface area (TPSA) is 61.4 Å². The van der Waals surface area contributed by atoms with Crippen molar-refractivity contribution in [1.29, 1.82) is 0 Å². The summed E-state index contributed by atoms with van der Waals surface area (Å²) in [6.07, 6.45) is 1.16. The summed E-state index contributed by atoms with van der Waals surface area (Å²) in [6.45, 7) is 0.519. The summed E-state index contributed by atoms with van der Waals surface area (Å²) in [5.41, 5.74) is 1.29. The molecule has 0 bridgehead atoms. The summed E-state index contributed by atoms with van der Waals surface area (Å²) < 4.78 is 0. The van der Waals surface area contributed by atoms with E-state index in [1.165, 1.54) is 5.56 Å². The highest BCUT2D eigenvalue weighted by Crippen LogP contribution is 2.40. The number of benzene rings is 1. The average Bonchev–Trinajstić information content (AvgIpc) is 3.01. The van der Waals surface area contributed by atoms with Crippen LogP contribution in [0.1, 0.15) is 24.3 Å². The monoisotopic (exact) mass is 246 g/mol. The first-order chi connectivity index (χ1) is 8.74. The molecule has 1 heterocycles. The molecule has 3 rings (SSSR count). The van der Waals surface area contributed by atoms with Crippen LogP contribution in [0.15, 0.2) is 30.3 Å². The Kier molecular flexibility index (Phi) is 3.06. The molecule has 96 valence electrons. The molecule has 1 aliphatic carbocycles. The molecule has 0 aromatic heterocycles. The zero-order valence-electron chi connectivity index (χ0n) is 10.2. The van der Waals surface area contributed by atoms with E-state index in [2.05, 4.69) is 22.8 Å². The van der Waals surface area contributed by atoms with Crippen molar-refractivity contribution in [3.63, 3.8) is 0 Å². The van der Waals surface area contributed by atoms with Gasteiger partial charge in [0.05, 0.1) is 12.1 Å². The SMILES string of the molecule is O=C(NC1CC1c1ccccc1)C1CC(O)CN1. The molecule has 18 heavy (non-hydrogen) atoms. The summed E-state index contributed by atoms with van der Waals surface area (Å²) in [5, 5.41) is 15.5. The maximum atomic E-state index is 11.9. The van der Waals surface area contributed by atoms with Gasteiger partial charge < -0.3 is 15.7 Å². The lowest BCUT2D eigenvalue weighted by atomic mass is 10.1. The Balaban J connectivity index is 1.52. The van der Waals surface area contributed by atoms with E-state index in [1.54, 1.807) is 0 Å². The van der Waals surface area contributed by atoms with Gasteiger partial charge in [-0.05, 0) is 18.4 Å². The van der Waals surface area contributed by atoms with Crippen LogP contribution in [-0.4, -0.2) is 35.7 Å². The van der Waals surface area contributed by atoms with Gasteiger partial charge >= 0.3 is 0 Å². The lowest BCUT2D eigenvalue weighted by Gasteiger charge is -2.10. The molecule has 1 aliphatic heterocycles. The van der Waals surface area contributed by atoms with Crippen LogP contribution in [0.2, 0.25) is 0 Å². The number of aliphatic hydroxyl groups is 1. The number of carbonyl (C=O) groups excluding carboxylic acids is 1. The van der Waals surface area contributed by atoms with E-state index in [0.29, 0.717) is 18.9 Å². The molecule has 0 spiro atoms. The van der Waals surface area contributed by atoms with Crippen LogP contribution in [0.3, 0.4) is 0 Å². The maximum absolute atomic E-state index is 11.9. The van der Waals surface area contributed by atoms with Crippen molar-refractivity contribution in [2.45, 2.75) is 36.9 Å². The lowest BCUT2D eigenvalue weighted by molar-refractivity contribution is -0.123. The quantitative estimate of drug-likeness (QED) is 0.722. The third kappa shape index (κ3) is 2.40. The second kappa shape index (κ2) is 4.71. The van der Waals surface area contributed by atoms with Crippen molar-refractivity contribution in [3.8, 4) is 0 Å². The van der Waals surface area contributed by atoms with Crippen LogP contribution in [0.25, 0.3) is 0 Å². The smallest absolute Gasteiger partial charge is 0.237 e. The van der Waals surface area contributed by atoms with Gasteiger partial charge in [0, 0.05) is 18.5 Å². The van der Waals surface area contributed by atoms with Crippen molar-refractivity contribution in [1.82, 2.24) is 10.6 Å². The molecule has 1 aromatic rings. The first-order valence-electron chi connectivity index (χ1n) is 6.51. The number of carbonyl (C=O) groups is 1. The Morgan fingerprint density at radius 2 is 2.06 bits per heavy atom. The first kappa shape index (κ1) is 11.7. The van der Waals surface area contributed by atoms with Crippen molar-refractivity contribution in [3.05, 3.63) is 35.9 Å². The van der Waals surface area contributed by atoms with Gasteiger partial charge in [0.25, 0.3) is 0 Å². The number of β-amino-alcohol motifs (C(OH)–C–C–N with tert-alkyl or cyclic N) is 1. The molecule has 4 atom stereocenters. The van der Waals surface area contributed by atoms with Gasteiger partial charge in [-0.1, -0.05) is 30.3 Å². The maximum Gasteiger partial charge on any atom is 0.237 e. The molecule has 3 N–H and O–H groups in total. The zero-order valence-corrected chi connectivity index (χ0v) is 10.2. The van der Waals surface area contributed by atoms with E-state index in [1.807, 2.05) is 18.2 Å². The Labute approximate surface area is 106 Å². The number of aliphatic hydroxyl groups excluding tert-OH is 1. The van der Waals surface area contributed by atoms with E-state index < -0.39 is 0 Å². The van der Waals surface area contributed by atoms with E-state index in [0.717, 1.165) is 6.42 Å². The predicted molar refractivity (Wildman–Crippen MR) is 68.1 cm³/mol. The summed E-state index contributed by atoms with van der Waals surface area (Å²) >= 11 is 0. The fourth-order valence-corrected chi connectivity index (χ4v) is 2.62. The minimum Gasteiger partial charge on any atom is -0.392 e. The molecule has 4 unspecified atom stereocenters. The summed E-state index contributed by atoms with van der Waals surface area (Å²) in [7, 11) is 0. The van der Waals surface area contributed by atoms with Crippen LogP contribution in [0.5, 0.6) is 0 Å². The third-order valence-corrected chi connectivity index (χ3v) is 3.77. The summed E-state index contributed by atoms with van der Waals surface area (Å²) in [5.74, 6) is 0.483. The second-order valence-corrected chi connectivity index (χ2v) is 5.22. The molecule has 2 fully saturated rings. The van der Waals surface area contributed by atoms with E-state index in [-0.39, 0.29) is 24.1 Å². The third-order valence-electron chi connectivity index (χ3n) is 3.77. The fraction of sp³-hybridized carbons (Fsp3) is 0.500.